The Bertz CT molecular complexity index is 1110. The number of benzene rings is 2. The molecule has 31 heavy (non-hydrogen) atoms. The zero-order chi connectivity index (χ0) is 21.8. The van der Waals surface area contributed by atoms with Gasteiger partial charge in [-0.3, -0.25) is 0 Å². The summed E-state index contributed by atoms with van der Waals surface area (Å²) in [6, 6.07) is 14.7. The number of esters is 1. The van der Waals surface area contributed by atoms with Crippen molar-refractivity contribution in [3.05, 3.63) is 71.6 Å². The van der Waals surface area contributed by atoms with Crippen molar-refractivity contribution in [2.24, 2.45) is 0 Å². The smallest absolute Gasteiger partial charge is 0.338 e. The molecule has 1 atom stereocenters. The molecule has 1 N–H and O–H groups in total. The van der Waals surface area contributed by atoms with Gasteiger partial charge in [0.15, 0.2) is 11.5 Å². The molecule has 0 spiro atoms. The number of nitrogens with one attached hydrogen (secondary N) is 1. The third-order valence-corrected chi connectivity index (χ3v) is 4.96. The average molecular weight is 420 g/mol. The molecule has 0 bridgehead atoms. The van der Waals surface area contributed by atoms with Gasteiger partial charge in [-0.1, -0.05) is 36.4 Å². The maximum atomic E-state index is 13.2. The molecule has 8 nitrogen and oxygen atoms in total. The van der Waals surface area contributed by atoms with E-state index in [0.717, 1.165) is 11.1 Å². The van der Waals surface area contributed by atoms with Crippen LogP contribution in [0.3, 0.4) is 0 Å². The molecule has 160 valence electrons. The summed E-state index contributed by atoms with van der Waals surface area (Å²) in [5.74, 6) is 1.31. The van der Waals surface area contributed by atoms with E-state index < -0.39 is 12.0 Å². The quantitative estimate of drug-likeness (QED) is 0.584. The predicted octanol–water partition coefficient (Wildman–Crippen LogP) is 3.67. The van der Waals surface area contributed by atoms with Crippen LogP contribution in [0.2, 0.25) is 0 Å². The molecule has 0 aliphatic carbocycles. The van der Waals surface area contributed by atoms with Gasteiger partial charge in [-0.05, 0) is 37.1 Å². The van der Waals surface area contributed by atoms with Gasteiger partial charge in [0.2, 0.25) is 5.95 Å². The van der Waals surface area contributed by atoms with Gasteiger partial charge < -0.3 is 19.5 Å². The maximum Gasteiger partial charge on any atom is 0.338 e. The molecule has 3 aromatic rings. The number of anilines is 1. The van der Waals surface area contributed by atoms with Crippen LogP contribution in [0.25, 0.3) is 5.70 Å². The van der Waals surface area contributed by atoms with Crippen LogP contribution in [0.5, 0.6) is 11.5 Å². The number of rotatable bonds is 7. The van der Waals surface area contributed by atoms with Gasteiger partial charge in [0.05, 0.1) is 31.6 Å². The average Bonchev–Trinajstić information content (AvgIpc) is 3.27. The van der Waals surface area contributed by atoms with Gasteiger partial charge in [-0.25, -0.2) is 9.48 Å². The molecule has 1 aromatic heterocycles. The molecule has 8 heteroatoms. The predicted molar refractivity (Wildman–Crippen MR) is 116 cm³/mol. The van der Waals surface area contributed by atoms with Crippen LogP contribution in [0.15, 0.2) is 60.4 Å². The van der Waals surface area contributed by atoms with Crippen LogP contribution in [-0.4, -0.2) is 41.1 Å². The van der Waals surface area contributed by atoms with Crippen molar-refractivity contribution in [3.8, 4) is 11.5 Å². The monoisotopic (exact) mass is 420 g/mol. The van der Waals surface area contributed by atoms with E-state index in [0.29, 0.717) is 35.3 Å². The highest BCUT2D eigenvalue weighted by molar-refractivity contribution is 6.02. The van der Waals surface area contributed by atoms with Crippen LogP contribution in [0, 0.1) is 0 Å². The molecule has 0 fully saturated rings. The fourth-order valence-corrected chi connectivity index (χ4v) is 3.66. The fourth-order valence-electron chi connectivity index (χ4n) is 3.66. The minimum atomic E-state index is -0.557. The zero-order valence-electron chi connectivity index (χ0n) is 17.7. The van der Waals surface area contributed by atoms with Crippen molar-refractivity contribution in [2.75, 3.05) is 25.6 Å². The standard InChI is InChI=1S/C23H24N4O4/c1-4-30-18-13-16(11-12-17(18)29-3)21-19(22(28)31-5-2)20(15-9-7-6-8-10-15)26-23-24-14-25-27(21)23/h6-14,21H,4-5H2,1-3H3,(H,24,25,26)/t21-/m0/s1. The molecular formula is C23H24N4O4. The van der Waals surface area contributed by atoms with E-state index in [1.807, 2.05) is 55.5 Å². The van der Waals surface area contributed by atoms with Crippen molar-refractivity contribution in [3.63, 3.8) is 0 Å². The van der Waals surface area contributed by atoms with Gasteiger partial charge in [-0.2, -0.15) is 10.1 Å². The summed E-state index contributed by atoms with van der Waals surface area (Å²) in [6.07, 6.45) is 1.46. The first-order chi connectivity index (χ1) is 15.2. The number of carbonyl (C=O) groups excluding carboxylic acids is 1. The highest BCUT2D eigenvalue weighted by atomic mass is 16.5. The summed E-state index contributed by atoms with van der Waals surface area (Å²) >= 11 is 0. The van der Waals surface area contributed by atoms with Crippen molar-refractivity contribution >= 4 is 17.6 Å². The Labute approximate surface area is 180 Å². The molecule has 1 aliphatic rings. The normalized spacial score (nSPS) is 15.1. The molecular weight excluding hydrogens is 396 g/mol. The summed E-state index contributed by atoms with van der Waals surface area (Å²) < 4.78 is 18.3. The van der Waals surface area contributed by atoms with Gasteiger partial charge in [-0.15, -0.1) is 0 Å². The second kappa shape index (κ2) is 8.91. The molecule has 0 radical (unpaired) electrons. The summed E-state index contributed by atoms with van der Waals surface area (Å²) in [4.78, 5) is 17.5. The van der Waals surface area contributed by atoms with Crippen LogP contribution >= 0.6 is 0 Å². The lowest BCUT2D eigenvalue weighted by Gasteiger charge is -2.30. The van der Waals surface area contributed by atoms with Crippen LogP contribution < -0.4 is 14.8 Å². The first-order valence-corrected chi connectivity index (χ1v) is 10.1. The minimum absolute atomic E-state index is 0.258. The van der Waals surface area contributed by atoms with Gasteiger partial charge >= 0.3 is 5.97 Å². The Morgan fingerprint density at radius 3 is 2.61 bits per heavy atom. The van der Waals surface area contributed by atoms with E-state index >= 15 is 0 Å². The zero-order valence-corrected chi connectivity index (χ0v) is 17.7. The molecule has 2 aromatic carbocycles. The second-order valence-corrected chi connectivity index (χ2v) is 6.77. The lowest BCUT2D eigenvalue weighted by atomic mass is 9.92. The number of methoxy groups -OCH3 is 1. The molecule has 0 unspecified atom stereocenters. The molecule has 0 saturated carbocycles. The summed E-state index contributed by atoms with van der Waals surface area (Å²) in [5, 5.41) is 7.64. The molecule has 1 aliphatic heterocycles. The van der Waals surface area contributed by atoms with Crippen LogP contribution in [-0.2, 0) is 9.53 Å². The first-order valence-electron chi connectivity index (χ1n) is 10.1. The van der Waals surface area contributed by atoms with Crippen LogP contribution in [0.4, 0.5) is 5.95 Å². The fraction of sp³-hybridized carbons (Fsp3) is 0.261. The number of carbonyl (C=O) groups is 1. The number of hydrogen-bond donors (Lipinski definition) is 1. The van der Waals surface area contributed by atoms with Crippen molar-refractivity contribution in [1.29, 1.82) is 0 Å². The molecule has 0 amide bonds. The number of fused-ring (bicyclic) bond motifs is 1. The Morgan fingerprint density at radius 1 is 1.10 bits per heavy atom. The van der Waals surface area contributed by atoms with Gasteiger partial charge in [0.25, 0.3) is 0 Å². The van der Waals surface area contributed by atoms with Gasteiger partial charge in [0.1, 0.15) is 12.4 Å². The topological polar surface area (TPSA) is 87.5 Å². The lowest BCUT2D eigenvalue weighted by molar-refractivity contribution is -0.138. The maximum absolute atomic E-state index is 13.2. The largest absolute Gasteiger partial charge is 0.493 e. The van der Waals surface area contributed by atoms with E-state index in [2.05, 4.69) is 15.4 Å². The van der Waals surface area contributed by atoms with E-state index in [4.69, 9.17) is 14.2 Å². The summed E-state index contributed by atoms with van der Waals surface area (Å²) in [7, 11) is 1.59. The first kappa shape index (κ1) is 20.5. The summed E-state index contributed by atoms with van der Waals surface area (Å²) in [5.41, 5.74) is 2.73. The van der Waals surface area contributed by atoms with E-state index in [1.165, 1.54) is 6.33 Å². The minimum Gasteiger partial charge on any atom is -0.493 e. The lowest BCUT2D eigenvalue weighted by Crippen LogP contribution is -2.30. The van der Waals surface area contributed by atoms with Crippen LogP contribution in [0.1, 0.15) is 31.0 Å². The summed E-state index contributed by atoms with van der Waals surface area (Å²) in [6.45, 7) is 4.43. The second-order valence-electron chi connectivity index (χ2n) is 6.77. The van der Waals surface area contributed by atoms with E-state index in [-0.39, 0.29) is 6.61 Å². The SMILES string of the molecule is CCOC(=O)C1=C(c2ccccc2)Nc2ncnn2[C@H]1c1ccc(OC)c(OCC)c1. The third kappa shape index (κ3) is 3.84. The van der Waals surface area contributed by atoms with Gasteiger partial charge in [0, 0.05) is 0 Å². The number of hydrogen-bond acceptors (Lipinski definition) is 7. The molecule has 2 heterocycles. The number of aromatic nitrogens is 3. The van der Waals surface area contributed by atoms with Crippen molar-refractivity contribution in [2.45, 2.75) is 19.9 Å². The Balaban J connectivity index is 1.94. The highest BCUT2D eigenvalue weighted by Gasteiger charge is 2.36. The third-order valence-electron chi connectivity index (χ3n) is 4.96. The Morgan fingerprint density at radius 2 is 1.90 bits per heavy atom. The Kier molecular flexibility index (Phi) is 5.88. The highest BCUT2D eigenvalue weighted by Crippen LogP contribution is 2.41. The van der Waals surface area contributed by atoms with Crippen molar-refractivity contribution < 1.29 is 19.0 Å². The van der Waals surface area contributed by atoms with E-state index in [1.54, 1.807) is 18.7 Å². The van der Waals surface area contributed by atoms with E-state index in [9.17, 15) is 4.79 Å². The Hall–Kier alpha value is -3.81. The van der Waals surface area contributed by atoms with Crippen molar-refractivity contribution in [1.82, 2.24) is 14.8 Å². The molecule has 4 rings (SSSR count). The number of nitrogens with zero attached hydrogens (tertiary/aromatic N) is 3. The molecule has 0 saturated heterocycles. The number of ether oxygens (including phenoxy) is 3.